The Morgan fingerprint density at radius 1 is 1.47 bits per heavy atom. The number of carbonyl (C=O) groups excluding carboxylic acids is 1. The summed E-state index contributed by atoms with van der Waals surface area (Å²) in [4.78, 5) is 11.5. The molecule has 17 heavy (non-hydrogen) atoms. The van der Waals surface area contributed by atoms with Crippen molar-refractivity contribution in [1.29, 1.82) is 0 Å². The second kappa shape index (κ2) is 4.82. The first-order chi connectivity index (χ1) is 8.22. The largest absolute Gasteiger partial charge is 0.463 e. The first-order valence-electron chi connectivity index (χ1n) is 5.51. The molecule has 1 aromatic carbocycles. The number of para-hydroxylation sites is 1. The van der Waals surface area contributed by atoms with Gasteiger partial charge in [0.15, 0.2) is 0 Å². The van der Waals surface area contributed by atoms with Gasteiger partial charge in [-0.2, -0.15) is 5.10 Å². The summed E-state index contributed by atoms with van der Waals surface area (Å²) in [7, 11) is 0. The fraction of sp³-hybridized carbons (Fsp3) is 0.231. The molecule has 2 rings (SSSR count). The van der Waals surface area contributed by atoms with Crippen molar-refractivity contribution in [2.45, 2.75) is 13.8 Å². The molecule has 0 amide bonds. The smallest absolute Gasteiger partial charge is 0.333 e. The van der Waals surface area contributed by atoms with E-state index < -0.39 is 0 Å². The molecule has 4 heteroatoms. The topological polar surface area (TPSA) is 55.0 Å². The zero-order valence-corrected chi connectivity index (χ0v) is 9.86. The van der Waals surface area contributed by atoms with Crippen LogP contribution in [-0.4, -0.2) is 22.8 Å². The maximum atomic E-state index is 11.5. The Kier molecular flexibility index (Phi) is 3.23. The van der Waals surface area contributed by atoms with Crippen molar-refractivity contribution in [2.24, 2.45) is 0 Å². The number of hydrogen-bond acceptors (Lipinski definition) is 3. The summed E-state index contributed by atoms with van der Waals surface area (Å²) in [6.45, 7) is 3.90. The van der Waals surface area contributed by atoms with E-state index in [0.717, 1.165) is 16.6 Å². The number of hydrogen-bond donors (Lipinski definition) is 1. The molecule has 0 bridgehead atoms. The highest BCUT2D eigenvalue weighted by Crippen LogP contribution is 2.17. The number of ether oxygens (including phenoxy) is 1. The van der Waals surface area contributed by atoms with Crippen molar-refractivity contribution in [3.63, 3.8) is 0 Å². The minimum absolute atomic E-state index is 0.300. The molecule has 0 unspecified atom stereocenters. The zero-order valence-electron chi connectivity index (χ0n) is 9.86. The monoisotopic (exact) mass is 230 g/mol. The van der Waals surface area contributed by atoms with Crippen molar-refractivity contribution in [3.8, 4) is 0 Å². The molecule has 0 spiro atoms. The summed E-state index contributed by atoms with van der Waals surface area (Å²) in [6, 6.07) is 7.75. The van der Waals surface area contributed by atoms with E-state index >= 15 is 0 Å². The van der Waals surface area contributed by atoms with E-state index in [4.69, 9.17) is 4.74 Å². The molecule has 0 radical (unpaired) electrons. The van der Waals surface area contributed by atoms with Gasteiger partial charge in [-0.25, -0.2) is 4.79 Å². The molecular formula is C13H14N2O2. The van der Waals surface area contributed by atoms with Gasteiger partial charge < -0.3 is 4.74 Å². The zero-order chi connectivity index (χ0) is 12.3. The van der Waals surface area contributed by atoms with Crippen LogP contribution in [0.15, 0.2) is 29.8 Å². The molecule has 2 aromatic rings. The predicted molar refractivity (Wildman–Crippen MR) is 66.4 cm³/mol. The van der Waals surface area contributed by atoms with Gasteiger partial charge in [-0.05, 0) is 26.0 Å². The van der Waals surface area contributed by atoms with E-state index in [2.05, 4.69) is 10.2 Å². The van der Waals surface area contributed by atoms with Crippen molar-refractivity contribution < 1.29 is 9.53 Å². The number of H-pyrrole nitrogens is 1. The summed E-state index contributed by atoms with van der Waals surface area (Å²) < 4.78 is 4.92. The molecule has 0 fully saturated rings. The lowest BCUT2D eigenvalue weighted by Gasteiger charge is -2.00. The van der Waals surface area contributed by atoms with E-state index in [0.29, 0.717) is 12.2 Å². The number of fused-ring (bicyclic) bond motifs is 1. The molecule has 4 nitrogen and oxygen atoms in total. The predicted octanol–water partition coefficient (Wildman–Crippen LogP) is 2.53. The van der Waals surface area contributed by atoms with Crippen molar-refractivity contribution in [1.82, 2.24) is 10.2 Å². The lowest BCUT2D eigenvalue weighted by atomic mass is 10.1. The lowest BCUT2D eigenvalue weighted by molar-refractivity contribution is -0.138. The van der Waals surface area contributed by atoms with Gasteiger partial charge >= 0.3 is 5.97 Å². The van der Waals surface area contributed by atoms with Crippen LogP contribution in [0, 0.1) is 0 Å². The van der Waals surface area contributed by atoms with E-state index in [1.54, 1.807) is 19.9 Å². The lowest BCUT2D eigenvalue weighted by Crippen LogP contribution is -2.04. The minimum atomic E-state index is -0.300. The third kappa shape index (κ3) is 2.36. The number of aromatic nitrogens is 2. The normalized spacial score (nSPS) is 11.8. The molecule has 1 N–H and O–H groups in total. The SMILES string of the molecule is CCOC(=O)C(C)=Cc1[nH]nc2ccccc12. The third-order valence-corrected chi connectivity index (χ3v) is 2.45. The van der Waals surface area contributed by atoms with Gasteiger partial charge in [-0.15, -0.1) is 0 Å². The van der Waals surface area contributed by atoms with Crippen LogP contribution in [0.3, 0.4) is 0 Å². The Morgan fingerprint density at radius 3 is 3.00 bits per heavy atom. The molecule has 1 heterocycles. The highest BCUT2D eigenvalue weighted by atomic mass is 16.5. The fourth-order valence-electron chi connectivity index (χ4n) is 1.61. The number of carbonyl (C=O) groups is 1. The van der Waals surface area contributed by atoms with Crippen LogP contribution in [0.2, 0.25) is 0 Å². The Labute approximate surface area is 99.3 Å². The molecule has 0 saturated carbocycles. The van der Waals surface area contributed by atoms with Crippen molar-refractivity contribution in [2.75, 3.05) is 6.61 Å². The maximum Gasteiger partial charge on any atom is 0.333 e. The Balaban J connectivity index is 2.35. The molecule has 0 aliphatic rings. The van der Waals surface area contributed by atoms with Gasteiger partial charge in [0.25, 0.3) is 0 Å². The number of esters is 1. The molecule has 0 atom stereocenters. The van der Waals surface area contributed by atoms with Crippen LogP contribution in [0.4, 0.5) is 0 Å². The number of nitrogens with zero attached hydrogens (tertiary/aromatic N) is 1. The van der Waals surface area contributed by atoms with E-state index in [1.807, 2.05) is 24.3 Å². The molecule has 0 saturated heterocycles. The van der Waals surface area contributed by atoms with Crippen molar-refractivity contribution in [3.05, 3.63) is 35.5 Å². The average Bonchev–Trinajstić information content (AvgIpc) is 2.73. The Hall–Kier alpha value is -2.10. The molecular weight excluding hydrogens is 216 g/mol. The van der Waals surface area contributed by atoms with Crippen LogP contribution < -0.4 is 0 Å². The minimum Gasteiger partial charge on any atom is -0.463 e. The summed E-state index contributed by atoms with van der Waals surface area (Å²) in [5, 5.41) is 8.06. The third-order valence-electron chi connectivity index (χ3n) is 2.45. The summed E-state index contributed by atoms with van der Waals surface area (Å²) in [5.74, 6) is -0.300. The van der Waals surface area contributed by atoms with Gasteiger partial charge in [-0.1, -0.05) is 18.2 Å². The Bertz CT molecular complexity index is 570. The standard InChI is InChI=1S/C13H14N2O2/c1-3-17-13(16)9(2)8-12-10-6-4-5-7-11(10)14-15-12/h4-8H,3H2,1-2H3,(H,14,15). The number of nitrogens with one attached hydrogen (secondary N) is 1. The second-order valence-electron chi connectivity index (χ2n) is 3.70. The number of rotatable bonds is 3. The van der Waals surface area contributed by atoms with Gasteiger partial charge in [-0.3, -0.25) is 5.10 Å². The van der Waals surface area contributed by atoms with Gasteiger partial charge in [0.1, 0.15) is 0 Å². The number of benzene rings is 1. The van der Waals surface area contributed by atoms with Gasteiger partial charge in [0, 0.05) is 11.0 Å². The second-order valence-corrected chi connectivity index (χ2v) is 3.70. The highest BCUT2D eigenvalue weighted by Gasteiger charge is 2.07. The highest BCUT2D eigenvalue weighted by molar-refractivity contribution is 5.96. The van der Waals surface area contributed by atoms with Crippen LogP contribution >= 0.6 is 0 Å². The van der Waals surface area contributed by atoms with Crippen molar-refractivity contribution >= 4 is 22.9 Å². The summed E-state index contributed by atoms with van der Waals surface area (Å²) >= 11 is 0. The van der Waals surface area contributed by atoms with Gasteiger partial charge in [0.05, 0.1) is 17.8 Å². The van der Waals surface area contributed by atoms with Crippen LogP contribution in [0.1, 0.15) is 19.5 Å². The van der Waals surface area contributed by atoms with Crippen LogP contribution in [0.25, 0.3) is 17.0 Å². The number of aromatic amines is 1. The summed E-state index contributed by atoms with van der Waals surface area (Å²) in [5.41, 5.74) is 2.27. The van der Waals surface area contributed by atoms with E-state index in [9.17, 15) is 4.79 Å². The van der Waals surface area contributed by atoms with Crippen LogP contribution in [-0.2, 0) is 9.53 Å². The molecule has 0 aliphatic heterocycles. The molecule has 0 aliphatic carbocycles. The van der Waals surface area contributed by atoms with Crippen LogP contribution in [0.5, 0.6) is 0 Å². The maximum absolute atomic E-state index is 11.5. The van der Waals surface area contributed by atoms with E-state index in [1.165, 1.54) is 0 Å². The summed E-state index contributed by atoms with van der Waals surface area (Å²) in [6.07, 6.45) is 1.76. The first kappa shape index (κ1) is 11.4. The van der Waals surface area contributed by atoms with E-state index in [-0.39, 0.29) is 5.97 Å². The van der Waals surface area contributed by atoms with Gasteiger partial charge in [0.2, 0.25) is 0 Å². The molecule has 88 valence electrons. The first-order valence-corrected chi connectivity index (χ1v) is 5.51. The fourth-order valence-corrected chi connectivity index (χ4v) is 1.61. The molecule has 1 aromatic heterocycles. The Morgan fingerprint density at radius 2 is 2.24 bits per heavy atom. The quantitative estimate of drug-likeness (QED) is 0.651. The average molecular weight is 230 g/mol.